The van der Waals surface area contributed by atoms with Gasteiger partial charge in [-0.25, -0.2) is 13.1 Å². The van der Waals surface area contributed by atoms with Crippen LogP contribution in [0.1, 0.15) is 32.3 Å². The molecule has 1 aromatic rings. The topological polar surface area (TPSA) is 72.2 Å². The van der Waals surface area contributed by atoms with Crippen molar-refractivity contribution in [3.8, 4) is 0 Å². The Morgan fingerprint density at radius 3 is 2.44 bits per heavy atom. The minimum Gasteiger partial charge on any atom is -0.326 e. The van der Waals surface area contributed by atoms with E-state index in [1.54, 1.807) is 6.07 Å². The Morgan fingerprint density at radius 2 is 1.94 bits per heavy atom. The smallest absolute Gasteiger partial charge is 0.240 e. The third kappa shape index (κ3) is 3.68. The predicted octanol–water partition coefficient (Wildman–Crippen LogP) is 2.27. The first-order valence-electron chi connectivity index (χ1n) is 5.95. The van der Waals surface area contributed by atoms with Crippen LogP contribution in [0.3, 0.4) is 0 Å². The SMILES string of the molecule is CCC(CC)NS(=O)(=O)c1ccc(Cl)c(CN)c1. The fourth-order valence-corrected chi connectivity index (χ4v) is 3.27. The minimum absolute atomic E-state index is 0.0491. The van der Waals surface area contributed by atoms with E-state index in [1.165, 1.54) is 12.1 Å². The number of hydrogen-bond acceptors (Lipinski definition) is 3. The van der Waals surface area contributed by atoms with Crippen molar-refractivity contribution in [2.24, 2.45) is 5.73 Å². The Kier molecular flexibility index (Phi) is 5.59. The fourth-order valence-electron chi connectivity index (χ4n) is 1.62. The van der Waals surface area contributed by atoms with Crippen LogP contribution in [-0.4, -0.2) is 14.5 Å². The molecule has 6 heteroatoms. The summed E-state index contributed by atoms with van der Waals surface area (Å²) in [5, 5.41) is 0.485. The molecule has 0 unspecified atom stereocenters. The van der Waals surface area contributed by atoms with Gasteiger partial charge in [-0.15, -0.1) is 0 Å². The Hall–Kier alpha value is -0.620. The van der Waals surface area contributed by atoms with Gasteiger partial charge in [-0.2, -0.15) is 0 Å². The van der Waals surface area contributed by atoms with E-state index in [9.17, 15) is 8.42 Å². The van der Waals surface area contributed by atoms with E-state index >= 15 is 0 Å². The Morgan fingerprint density at radius 1 is 1.33 bits per heavy atom. The molecule has 0 aliphatic heterocycles. The van der Waals surface area contributed by atoms with Gasteiger partial charge in [0.05, 0.1) is 4.90 Å². The van der Waals surface area contributed by atoms with Crippen molar-refractivity contribution in [3.05, 3.63) is 28.8 Å². The number of hydrogen-bond donors (Lipinski definition) is 2. The molecule has 0 radical (unpaired) electrons. The zero-order chi connectivity index (χ0) is 13.8. The minimum atomic E-state index is -3.50. The average Bonchev–Trinajstić information content (AvgIpc) is 2.36. The zero-order valence-electron chi connectivity index (χ0n) is 10.6. The standard InChI is InChI=1S/C12H19ClN2O2S/c1-3-10(4-2)15-18(16,17)11-5-6-12(13)9(7-11)8-14/h5-7,10,15H,3-4,8,14H2,1-2H3. The van der Waals surface area contributed by atoms with Gasteiger partial charge in [0.15, 0.2) is 0 Å². The summed E-state index contributed by atoms with van der Waals surface area (Å²) in [5.74, 6) is 0. The second-order valence-electron chi connectivity index (χ2n) is 4.09. The summed E-state index contributed by atoms with van der Waals surface area (Å²) in [4.78, 5) is 0.208. The molecule has 0 amide bonds. The van der Waals surface area contributed by atoms with Gasteiger partial charge in [-0.3, -0.25) is 0 Å². The summed E-state index contributed by atoms with van der Waals surface area (Å²) in [5.41, 5.74) is 6.15. The number of benzene rings is 1. The highest BCUT2D eigenvalue weighted by molar-refractivity contribution is 7.89. The quantitative estimate of drug-likeness (QED) is 0.844. The van der Waals surface area contributed by atoms with Crippen LogP contribution in [0.15, 0.2) is 23.1 Å². The van der Waals surface area contributed by atoms with Crippen molar-refractivity contribution >= 4 is 21.6 Å². The summed E-state index contributed by atoms with van der Waals surface area (Å²) in [6.45, 7) is 4.11. The maximum Gasteiger partial charge on any atom is 0.240 e. The molecule has 0 aliphatic rings. The van der Waals surface area contributed by atoms with Crippen LogP contribution in [-0.2, 0) is 16.6 Å². The van der Waals surface area contributed by atoms with E-state index in [2.05, 4.69) is 4.72 Å². The van der Waals surface area contributed by atoms with Crippen LogP contribution in [0, 0.1) is 0 Å². The lowest BCUT2D eigenvalue weighted by molar-refractivity contribution is 0.530. The van der Waals surface area contributed by atoms with E-state index in [0.29, 0.717) is 10.6 Å². The molecule has 0 spiro atoms. The average molecular weight is 291 g/mol. The molecule has 0 aliphatic carbocycles. The van der Waals surface area contributed by atoms with Crippen LogP contribution in [0.4, 0.5) is 0 Å². The van der Waals surface area contributed by atoms with Crippen molar-refractivity contribution in [1.82, 2.24) is 4.72 Å². The summed E-state index contributed by atoms with van der Waals surface area (Å²) in [7, 11) is -3.50. The van der Waals surface area contributed by atoms with Crippen LogP contribution in [0.5, 0.6) is 0 Å². The monoisotopic (exact) mass is 290 g/mol. The molecule has 1 rings (SSSR count). The van der Waals surface area contributed by atoms with E-state index in [0.717, 1.165) is 12.8 Å². The van der Waals surface area contributed by atoms with Gasteiger partial charge in [0.1, 0.15) is 0 Å². The van der Waals surface area contributed by atoms with Crippen molar-refractivity contribution < 1.29 is 8.42 Å². The molecule has 18 heavy (non-hydrogen) atoms. The first kappa shape index (κ1) is 15.4. The summed E-state index contributed by atoms with van der Waals surface area (Å²) < 4.78 is 27.0. The van der Waals surface area contributed by atoms with Gasteiger partial charge in [0.2, 0.25) is 10.0 Å². The predicted molar refractivity (Wildman–Crippen MR) is 74.0 cm³/mol. The number of nitrogens with two attached hydrogens (primary N) is 1. The maximum atomic E-state index is 12.1. The highest BCUT2D eigenvalue weighted by Gasteiger charge is 2.18. The normalized spacial score (nSPS) is 12.1. The molecule has 0 saturated carbocycles. The van der Waals surface area contributed by atoms with E-state index in [1.807, 2.05) is 13.8 Å². The van der Waals surface area contributed by atoms with Crippen molar-refractivity contribution in [1.29, 1.82) is 0 Å². The van der Waals surface area contributed by atoms with Crippen molar-refractivity contribution in [2.75, 3.05) is 0 Å². The second-order valence-corrected chi connectivity index (χ2v) is 6.21. The molecule has 0 fully saturated rings. The Bertz CT molecular complexity index is 499. The summed E-state index contributed by atoms with van der Waals surface area (Å²) in [6.07, 6.45) is 1.51. The number of nitrogens with one attached hydrogen (secondary N) is 1. The molecule has 3 N–H and O–H groups in total. The number of halogens is 1. The summed E-state index contributed by atoms with van der Waals surface area (Å²) in [6, 6.07) is 4.52. The van der Waals surface area contributed by atoms with Crippen LogP contribution in [0.2, 0.25) is 5.02 Å². The van der Waals surface area contributed by atoms with E-state index < -0.39 is 10.0 Å². The largest absolute Gasteiger partial charge is 0.326 e. The number of rotatable bonds is 6. The van der Waals surface area contributed by atoms with Gasteiger partial charge < -0.3 is 5.73 Å². The first-order chi connectivity index (χ1) is 8.44. The highest BCUT2D eigenvalue weighted by atomic mass is 35.5. The molecule has 0 aromatic heterocycles. The first-order valence-corrected chi connectivity index (χ1v) is 7.81. The Labute approximate surface area is 114 Å². The summed E-state index contributed by atoms with van der Waals surface area (Å²) >= 11 is 5.91. The van der Waals surface area contributed by atoms with E-state index in [-0.39, 0.29) is 17.5 Å². The van der Waals surface area contributed by atoms with Crippen LogP contribution in [0.25, 0.3) is 0 Å². The molecule has 0 saturated heterocycles. The van der Waals surface area contributed by atoms with Gasteiger partial charge in [0, 0.05) is 17.6 Å². The molecule has 0 bridgehead atoms. The fraction of sp³-hybridized carbons (Fsp3) is 0.500. The molecule has 1 aromatic carbocycles. The van der Waals surface area contributed by atoms with Gasteiger partial charge in [-0.05, 0) is 36.6 Å². The lowest BCUT2D eigenvalue weighted by Gasteiger charge is -2.15. The third-order valence-corrected chi connectivity index (χ3v) is 4.74. The molecular weight excluding hydrogens is 272 g/mol. The molecule has 0 atom stereocenters. The molecule has 102 valence electrons. The van der Waals surface area contributed by atoms with Crippen molar-refractivity contribution in [3.63, 3.8) is 0 Å². The lowest BCUT2D eigenvalue weighted by atomic mass is 10.2. The molecule has 4 nitrogen and oxygen atoms in total. The van der Waals surface area contributed by atoms with Gasteiger partial charge in [-0.1, -0.05) is 25.4 Å². The van der Waals surface area contributed by atoms with Crippen molar-refractivity contribution in [2.45, 2.75) is 44.2 Å². The van der Waals surface area contributed by atoms with Crippen LogP contribution >= 0.6 is 11.6 Å². The zero-order valence-corrected chi connectivity index (χ0v) is 12.2. The highest BCUT2D eigenvalue weighted by Crippen LogP contribution is 2.20. The number of sulfonamides is 1. The van der Waals surface area contributed by atoms with Gasteiger partial charge >= 0.3 is 0 Å². The van der Waals surface area contributed by atoms with Gasteiger partial charge in [0.25, 0.3) is 0 Å². The third-order valence-electron chi connectivity index (χ3n) is 2.85. The lowest BCUT2D eigenvalue weighted by Crippen LogP contribution is -2.33. The molecular formula is C12H19ClN2O2S. The second kappa shape index (κ2) is 6.52. The molecule has 0 heterocycles. The Balaban J connectivity index is 3.05. The van der Waals surface area contributed by atoms with E-state index in [4.69, 9.17) is 17.3 Å². The maximum absolute atomic E-state index is 12.1. The van der Waals surface area contributed by atoms with Crippen LogP contribution < -0.4 is 10.5 Å².